The summed E-state index contributed by atoms with van der Waals surface area (Å²) in [6.45, 7) is 1.55. The molecule has 0 unspecified atom stereocenters. The fourth-order valence-electron chi connectivity index (χ4n) is 2.83. The summed E-state index contributed by atoms with van der Waals surface area (Å²) in [6.07, 6.45) is 5.74. The Morgan fingerprint density at radius 2 is 2.04 bits per heavy atom. The number of carbonyl (C=O) groups excluding carboxylic acids is 2. The van der Waals surface area contributed by atoms with E-state index >= 15 is 0 Å². The predicted molar refractivity (Wildman–Crippen MR) is 83.3 cm³/mol. The van der Waals surface area contributed by atoms with Crippen LogP contribution in [0.15, 0.2) is 0 Å². The minimum Gasteiger partial charge on any atom is -0.351 e. The van der Waals surface area contributed by atoms with Gasteiger partial charge in [0.1, 0.15) is 11.4 Å². The lowest BCUT2D eigenvalue weighted by atomic mass is 9.96. The molecule has 0 aliphatic heterocycles. The Balaban J connectivity index is 2.22. The van der Waals surface area contributed by atoms with E-state index in [4.69, 9.17) is 0 Å². The highest BCUT2D eigenvalue weighted by molar-refractivity contribution is 6.24. The number of aryl methyl sites for hydroxylation is 2. The molecule has 1 aliphatic carbocycles. The summed E-state index contributed by atoms with van der Waals surface area (Å²) >= 11 is 0. The largest absolute Gasteiger partial charge is 0.351 e. The van der Waals surface area contributed by atoms with Crippen LogP contribution in [-0.4, -0.2) is 33.0 Å². The number of aldehydes is 1. The normalized spacial score (nSPS) is 15.2. The lowest BCUT2D eigenvalue weighted by Crippen LogP contribution is -2.24. The molecular weight excluding hydrogens is 300 g/mol. The topological polar surface area (TPSA) is 115 Å². The third-order valence-electron chi connectivity index (χ3n) is 3.99. The smallest absolute Gasteiger partial charge is 0.311 e. The molecule has 0 amide bonds. The zero-order chi connectivity index (χ0) is 16.8. The van der Waals surface area contributed by atoms with Crippen molar-refractivity contribution in [2.24, 2.45) is 0 Å². The summed E-state index contributed by atoms with van der Waals surface area (Å²) in [5, 5.41) is 14.4. The van der Waals surface area contributed by atoms with Crippen LogP contribution in [-0.2, 0) is 16.0 Å². The number of rotatable bonds is 7. The average molecular weight is 320 g/mol. The summed E-state index contributed by atoms with van der Waals surface area (Å²) < 4.78 is 0. The monoisotopic (exact) mass is 320 g/mol. The summed E-state index contributed by atoms with van der Waals surface area (Å²) in [6, 6.07) is 0.272. The first-order valence-electron chi connectivity index (χ1n) is 7.77. The number of hydrogen-bond acceptors (Lipinski definition) is 7. The molecule has 0 bridgehead atoms. The van der Waals surface area contributed by atoms with E-state index in [-0.39, 0.29) is 42.2 Å². The Morgan fingerprint density at radius 3 is 2.65 bits per heavy atom. The quantitative estimate of drug-likeness (QED) is 0.354. The van der Waals surface area contributed by atoms with Crippen molar-refractivity contribution in [1.29, 1.82) is 0 Å². The van der Waals surface area contributed by atoms with Crippen LogP contribution < -0.4 is 5.32 Å². The summed E-state index contributed by atoms with van der Waals surface area (Å²) in [7, 11) is 0. The van der Waals surface area contributed by atoms with Crippen LogP contribution in [0.5, 0.6) is 0 Å². The van der Waals surface area contributed by atoms with Gasteiger partial charge in [-0.2, -0.15) is 0 Å². The molecule has 1 aliphatic rings. The van der Waals surface area contributed by atoms with Gasteiger partial charge >= 0.3 is 5.69 Å². The van der Waals surface area contributed by atoms with Gasteiger partial charge in [-0.15, -0.1) is 0 Å². The van der Waals surface area contributed by atoms with Crippen molar-refractivity contribution in [3.05, 3.63) is 21.5 Å². The number of anilines is 1. The van der Waals surface area contributed by atoms with Crippen molar-refractivity contribution in [2.45, 2.75) is 57.9 Å². The van der Waals surface area contributed by atoms with Gasteiger partial charge < -0.3 is 5.32 Å². The van der Waals surface area contributed by atoms with Gasteiger partial charge in [0.05, 0.1) is 4.92 Å². The summed E-state index contributed by atoms with van der Waals surface area (Å²) in [4.78, 5) is 40.6. The molecule has 0 aromatic carbocycles. The molecule has 2 rings (SSSR count). The summed E-state index contributed by atoms with van der Waals surface area (Å²) in [5.41, 5.74) is 0.269. The molecule has 0 spiro atoms. The molecule has 8 nitrogen and oxygen atoms in total. The fraction of sp³-hybridized carbons (Fsp3) is 0.600. The molecular formula is C15H20N4O4. The first-order chi connectivity index (χ1) is 11.0. The Morgan fingerprint density at radius 1 is 1.35 bits per heavy atom. The van der Waals surface area contributed by atoms with Crippen LogP contribution in [0.4, 0.5) is 11.6 Å². The van der Waals surface area contributed by atoms with Crippen LogP contribution >= 0.6 is 0 Å². The van der Waals surface area contributed by atoms with Crippen LogP contribution in [0, 0.1) is 17.0 Å². The highest BCUT2D eigenvalue weighted by Crippen LogP contribution is 2.25. The number of carbonyl (C=O) groups is 2. The molecule has 0 saturated heterocycles. The van der Waals surface area contributed by atoms with Gasteiger partial charge in [-0.05, 0) is 19.8 Å². The average Bonchev–Trinajstić information content (AvgIpc) is 2.52. The minimum absolute atomic E-state index is 0.0522. The highest BCUT2D eigenvalue weighted by atomic mass is 16.6. The number of nitrogens with zero attached hydrogens (tertiary/aromatic N) is 3. The van der Waals surface area contributed by atoms with Gasteiger partial charge in [0.15, 0.2) is 12.1 Å². The van der Waals surface area contributed by atoms with E-state index in [0.717, 1.165) is 25.7 Å². The maximum Gasteiger partial charge on any atom is 0.311 e. The van der Waals surface area contributed by atoms with Crippen molar-refractivity contribution in [1.82, 2.24) is 9.97 Å². The Kier molecular flexibility index (Phi) is 5.72. The van der Waals surface area contributed by atoms with E-state index in [1.165, 1.54) is 6.42 Å². The Hall–Kier alpha value is -2.38. The van der Waals surface area contributed by atoms with Gasteiger partial charge in [-0.25, -0.2) is 9.97 Å². The molecule has 1 aromatic heterocycles. The third-order valence-corrected chi connectivity index (χ3v) is 3.99. The highest BCUT2D eigenvalue weighted by Gasteiger charge is 2.23. The van der Waals surface area contributed by atoms with E-state index in [2.05, 4.69) is 15.3 Å². The SMILES string of the molecule is Cc1nc(NC2CCCCC2)nc(CCC(=O)C=O)c1[N+](=O)[O-]. The van der Waals surface area contributed by atoms with E-state index in [1.807, 2.05) is 0 Å². The van der Waals surface area contributed by atoms with E-state index < -0.39 is 10.7 Å². The second-order valence-electron chi connectivity index (χ2n) is 5.75. The van der Waals surface area contributed by atoms with Gasteiger partial charge in [0, 0.05) is 18.9 Å². The lowest BCUT2D eigenvalue weighted by molar-refractivity contribution is -0.386. The Labute approximate surface area is 133 Å². The van der Waals surface area contributed by atoms with Crippen molar-refractivity contribution in [3.63, 3.8) is 0 Å². The number of nitro groups is 1. The van der Waals surface area contributed by atoms with E-state index in [1.54, 1.807) is 6.92 Å². The molecule has 0 radical (unpaired) electrons. The van der Waals surface area contributed by atoms with Crippen LogP contribution in [0.25, 0.3) is 0 Å². The van der Waals surface area contributed by atoms with Crippen molar-refractivity contribution < 1.29 is 14.5 Å². The molecule has 0 atom stereocenters. The molecule has 1 aromatic rings. The Bertz CT molecular complexity index is 612. The molecule has 1 fully saturated rings. The number of Topliss-reactive ketones (excluding diaryl/α,β-unsaturated/α-hetero) is 1. The van der Waals surface area contributed by atoms with E-state index in [0.29, 0.717) is 5.95 Å². The van der Waals surface area contributed by atoms with Crippen LogP contribution in [0.2, 0.25) is 0 Å². The zero-order valence-electron chi connectivity index (χ0n) is 13.1. The minimum atomic E-state index is -0.600. The molecule has 1 N–H and O–H groups in total. The first-order valence-corrected chi connectivity index (χ1v) is 7.77. The zero-order valence-corrected chi connectivity index (χ0v) is 13.1. The second kappa shape index (κ2) is 7.75. The maximum absolute atomic E-state index is 11.2. The van der Waals surface area contributed by atoms with Crippen molar-refractivity contribution >= 4 is 23.7 Å². The first kappa shape index (κ1) is 17.0. The molecule has 1 saturated carbocycles. The second-order valence-corrected chi connectivity index (χ2v) is 5.75. The van der Waals surface area contributed by atoms with Crippen molar-refractivity contribution in [3.8, 4) is 0 Å². The molecule has 23 heavy (non-hydrogen) atoms. The maximum atomic E-state index is 11.2. The van der Waals surface area contributed by atoms with Crippen LogP contribution in [0.3, 0.4) is 0 Å². The van der Waals surface area contributed by atoms with Gasteiger partial charge in [0.25, 0.3) is 0 Å². The standard InChI is InChI=1S/C15H20N4O4/c1-10-14(19(22)23)13(8-7-12(21)9-20)18-15(16-10)17-11-5-3-2-4-6-11/h9,11H,2-8H2,1H3,(H,16,17,18). The van der Waals surface area contributed by atoms with Gasteiger partial charge in [-0.3, -0.25) is 19.7 Å². The van der Waals surface area contributed by atoms with Gasteiger partial charge in [-0.1, -0.05) is 19.3 Å². The predicted octanol–water partition coefficient (Wildman–Crippen LogP) is 2.14. The van der Waals surface area contributed by atoms with Crippen LogP contribution in [0.1, 0.15) is 49.9 Å². The van der Waals surface area contributed by atoms with Gasteiger partial charge in [0.2, 0.25) is 5.95 Å². The van der Waals surface area contributed by atoms with E-state index in [9.17, 15) is 19.7 Å². The molecule has 124 valence electrons. The third kappa shape index (κ3) is 4.54. The summed E-state index contributed by atoms with van der Waals surface area (Å²) in [5.74, 6) is -0.245. The number of ketones is 1. The molecule has 1 heterocycles. The van der Waals surface area contributed by atoms with Crippen molar-refractivity contribution in [2.75, 3.05) is 5.32 Å². The lowest BCUT2D eigenvalue weighted by Gasteiger charge is -2.23. The molecule has 8 heteroatoms. The number of aromatic nitrogens is 2. The number of hydrogen-bond donors (Lipinski definition) is 1. The number of nitrogens with one attached hydrogen (secondary N) is 1. The fourth-order valence-corrected chi connectivity index (χ4v) is 2.83.